The van der Waals surface area contributed by atoms with Crippen LogP contribution in [0.15, 0.2) is 53.7 Å². The molecular formula is C31H41N7O. The molecule has 8 heteroatoms. The predicted octanol–water partition coefficient (Wildman–Crippen LogP) is 6.45. The Morgan fingerprint density at radius 2 is 1.72 bits per heavy atom. The van der Waals surface area contributed by atoms with Crippen molar-refractivity contribution in [2.45, 2.75) is 91.1 Å². The molecule has 0 radical (unpaired) electrons. The summed E-state index contributed by atoms with van der Waals surface area (Å²) < 4.78 is 4.14. The fourth-order valence-corrected chi connectivity index (χ4v) is 6.55. The Bertz CT molecular complexity index is 1390. The number of hydrogen-bond acceptors (Lipinski definition) is 5. The van der Waals surface area contributed by atoms with Crippen LogP contribution in [0.5, 0.6) is 0 Å². The SMILES string of the molecule is CCCCc1cn(C2C(CC)CCCCC2CC)c(=O)n1Cc1cnccc1-c1ccccc1-c1nn[nH]n1. The average Bonchev–Trinajstić information content (AvgIpc) is 3.55. The van der Waals surface area contributed by atoms with Crippen molar-refractivity contribution in [3.05, 3.63) is 70.7 Å². The Labute approximate surface area is 230 Å². The van der Waals surface area contributed by atoms with E-state index in [4.69, 9.17) is 0 Å². The third-order valence-electron chi connectivity index (χ3n) is 8.64. The molecule has 4 aromatic rings. The van der Waals surface area contributed by atoms with E-state index in [2.05, 4.69) is 63.2 Å². The van der Waals surface area contributed by atoms with Crippen LogP contribution in [0.2, 0.25) is 0 Å². The lowest BCUT2D eigenvalue weighted by Crippen LogP contribution is -2.34. The summed E-state index contributed by atoms with van der Waals surface area (Å²) in [7, 11) is 0. The first kappa shape index (κ1) is 27.0. The van der Waals surface area contributed by atoms with Gasteiger partial charge in [-0.15, -0.1) is 10.2 Å². The van der Waals surface area contributed by atoms with Gasteiger partial charge in [0.1, 0.15) is 0 Å². The van der Waals surface area contributed by atoms with Crippen molar-refractivity contribution in [2.75, 3.05) is 0 Å². The summed E-state index contributed by atoms with van der Waals surface area (Å²) in [5.74, 6) is 1.63. The molecule has 5 rings (SSSR count). The van der Waals surface area contributed by atoms with Crippen molar-refractivity contribution in [2.24, 2.45) is 11.8 Å². The lowest BCUT2D eigenvalue weighted by molar-refractivity contribution is 0.213. The molecule has 206 valence electrons. The molecule has 0 amide bonds. The van der Waals surface area contributed by atoms with Crippen LogP contribution in [0.3, 0.4) is 0 Å². The van der Waals surface area contributed by atoms with E-state index in [1.54, 1.807) is 6.20 Å². The van der Waals surface area contributed by atoms with Gasteiger partial charge in [0.15, 0.2) is 0 Å². The van der Waals surface area contributed by atoms with Gasteiger partial charge < -0.3 is 0 Å². The van der Waals surface area contributed by atoms with E-state index in [1.165, 1.54) is 25.7 Å². The molecule has 2 atom stereocenters. The largest absolute Gasteiger partial charge is 0.328 e. The van der Waals surface area contributed by atoms with Gasteiger partial charge in [0.25, 0.3) is 0 Å². The van der Waals surface area contributed by atoms with Crippen molar-refractivity contribution in [3.8, 4) is 22.5 Å². The van der Waals surface area contributed by atoms with Crippen LogP contribution >= 0.6 is 0 Å². The van der Waals surface area contributed by atoms with E-state index in [-0.39, 0.29) is 11.7 Å². The lowest BCUT2D eigenvalue weighted by atomic mass is 9.83. The summed E-state index contributed by atoms with van der Waals surface area (Å²) in [6.45, 7) is 7.27. The Morgan fingerprint density at radius 3 is 2.38 bits per heavy atom. The molecule has 1 aromatic carbocycles. The molecule has 3 aromatic heterocycles. The highest BCUT2D eigenvalue weighted by Crippen LogP contribution is 2.40. The standard InChI is InChI=1S/C31H41N7O/c1-4-7-14-25-21-38(29-22(5-2)12-8-9-13-23(29)6-3)31(39)37(25)20-24-19-32-18-17-26(24)27-15-10-11-16-28(27)30-33-35-36-34-30/h10-11,15-19,21-23,29H,4-9,12-14,20H2,1-3H3,(H,33,34,35,36). The number of nitrogens with zero attached hydrogens (tertiary/aromatic N) is 6. The van der Waals surface area contributed by atoms with E-state index in [1.807, 2.05) is 35.0 Å². The fraction of sp³-hybridized carbons (Fsp3) is 0.516. The number of tetrazole rings is 1. The molecule has 1 saturated carbocycles. The first-order valence-corrected chi connectivity index (χ1v) is 14.7. The van der Waals surface area contributed by atoms with Crippen molar-refractivity contribution >= 4 is 0 Å². The minimum atomic E-state index is 0.117. The maximum Gasteiger partial charge on any atom is 0.328 e. The van der Waals surface area contributed by atoms with E-state index in [0.717, 1.165) is 60.1 Å². The number of aryl methyl sites for hydroxylation is 1. The van der Waals surface area contributed by atoms with Gasteiger partial charge in [0.05, 0.1) is 6.54 Å². The van der Waals surface area contributed by atoms with Gasteiger partial charge in [0, 0.05) is 35.9 Å². The molecule has 2 unspecified atom stereocenters. The molecule has 39 heavy (non-hydrogen) atoms. The van der Waals surface area contributed by atoms with Crippen molar-refractivity contribution in [3.63, 3.8) is 0 Å². The number of nitrogens with one attached hydrogen (secondary N) is 1. The zero-order valence-electron chi connectivity index (χ0n) is 23.5. The minimum Gasteiger partial charge on any atom is -0.295 e. The third kappa shape index (κ3) is 5.60. The summed E-state index contributed by atoms with van der Waals surface area (Å²) in [6, 6.07) is 10.4. The van der Waals surface area contributed by atoms with Crippen LogP contribution in [0.1, 0.15) is 89.4 Å². The number of H-pyrrole nitrogens is 1. The lowest BCUT2D eigenvalue weighted by Gasteiger charge is -2.31. The number of pyridine rings is 1. The quantitative estimate of drug-likeness (QED) is 0.239. The molecule has 1 aliphatic rings. The van der Waals surface area contributed by atoms with Gasteiger partial charge in [-0.25, -0.2) is 4.79 Å². The third-order valence-corrected chi connectivity index (χ3v) is 8.64. The summed E-state index contributed by atoms with van der Waals surface area (Å²) in [4.78, 5) is 18.7. The molecule has 8 nitrogen and oxygen atoms in total. The summed E-state index contributed by atoms with van der Waals surface area (Å²) in [5, 5.41) is 14.8. The average molecular weight is 528 g/mol. The van der Waals surface area contributed by atoms with Gasteiger partial charge in [-0.2, -0.15) is 5.21 Å². The van der Waals surface area contributed by atoms with Crippen LogP contribution in [0.4, 0.5) is 0 Å². The second kappa shape index (κ2) is 12.5. The first-order chi connectivity index (χ1) is 19.2. The molecule has 0 aliphatic heterocycles. The van der Waals surface area contributed by atoms with E-state index in [9.17, 15) is 4.79 Å². The molecule has 0 bridgehead atoms. The number of aromatic nitrogens is 7. The molecule has 0 spiro atoms. The number of hydrogen-bond donors (Lipinski definition) is 1. The van der Waals surface area contributed by atoms with Crippen LogP contribution < -0.4 is 5.69 Å². The summed E-state index contributed by atoms with van der Waals surface area (Å²) in [6.07, 6.45) is 16.1. The van der Waals surface area contributed by atoms with E-state index >= 15 is 0 Å². The summed E-state index contributed by atoms with van der Waals surface area (Å²) in [5.41, 5.74) is 5.16. The van der Waals surface area contributed by atoms with Crippen molar-refractivity contribution in [1.29, 1.82) is 0 Å². The highest BCUT2D eigenvalue weighted by Gasteiger charge is 2.33. The second-order valence-corrected chi connectivity index (χ2v) is 10.9. The van der Waals surface area contributed by atoms with Gasteiger partial charge in [-0.3, -0.25) is 14.1 Å². The fourth-order valence-electron chi connectivity index (χ4n) is 6.55. The molecule has 1 N–H and O–H groups in total. The van der Waals surface area contributed by atoms with Crippen molar-refractivity contribution in [1.82, 2.24) is 34.7 Å². The summed E-state index contributed by atoms with van der Waals surface area (Å²) >= 11 is 0. The van der Waals surface area contributed by atoms with Crippen LogP contribution in [0, 0.1) is 11.8 Å². The molecule has 1 fully saturated rings. The Balaban J connectivity index is 1.59. The predicted molar refractivity (Wildman–Crippen MR) is 154 cm³/mol. The highest BCUT2D eigenvalue weighted by atomic mass is 16.1. The molecule has 1 aliphatic carbocycles. The first-order valence-electron chi connectivity index (χ1n) is 14.7. The number of imidazole rings is 1. The van der Waals surface area contributed by atoms with Crippen molar-refractivity contribution < 1.29 is 0 Å². The van der Waals surface area contributed by atoms with Gasteiger partial charge in [-0.05, 0) is 65.5 Å². The molecular weight excluding hydrogens is 486 g/mol. The number of benzene rings is 1. The molecule has 0 saturated heterocycles. The monoisotopic (exact) mass is 527 g/mol. The van der Waals surface area contributed by atoms with Crippen LogP contribution in [-0.2, 0) is 13.0 Å². The Kier molecular flexibility index (Phi) is 8.69. The number of aromatic amines is 1. The zero-order valence-corrected chi connectivity index (χ0v) is 23.5. The Morgan fingerprint density at radius 1 is 0.974 bits per heavy atom. The van der Waals surface area contributed by atoms with Gasteiger partial charge in [0.2, 0.25) is 5.82 Å². The zero-order chi connectivity index (χ0) is 27.2. The Hall–Kier alpha value is -3.55. The minimum absolute atomic E-state index is 0.117. The van der Waals surface area contributed by atoms with Gasteiger partial charge in [-0.1, -0.05) is 77.1 Å². The van der Waals surface area contributed by atoms with Crippen LogP contribution in [-0.4, -0.2) is 34.7 Å². The smallest absolute Gasteiger partial charge is 0.295 e. The normalized spacial score (nSPS) is 19.7. The second-order valence-electron chi connectivity index (χ2n) is 10.9. The topological polar surface area (TPSA) is 94.3 Å². The van der Waals surface area contributed by atoms with Gasteiger partial charge >= 0.3 is 5.69 Å². The highest BCUT2D eigenvalue weighted by molar-refractivity contribution is 5.81. The van der Waals surface area contributed by atoms with E-state index < -0.39 is 0 Å². The van der Waals surface area contributed by atoms with E-state index in [0.29, 0.717) is 24.2 Å². The number of unbranched alkanes of at least 4 members (excludes halogenated alkanes) is 1. The molecule has 3 heterocycles. The maximum absolute atomic E-state index is 14.3. The van der Waals surface area contributed by atoms with Crippen LogP contribution in [0.25, 0.3) is 22.5 Å². The maximum atomic E-state index is 14.3. The number of rotatable bonds is 10.